The van der Waals surface area contributed by atoms with Gasteiger partial charge in [0.05, 0.1) is 18.6 Å². The lowest BCUT2D eigenvalue weighted by atomic mass is 9.96. The fourth-order valence-corrected chi connectivity index (χ4v) is 3.60. The van der Waals surface area contributed by atoms with Crippen LogP contribution in [0.2, 0.25) is 0 Å². The van der Waals surface area contributed by atoms with Crippen LogP contribution in [0.3, 0.4) is 0 Å². The van der Waals surface area contributed by atoms with Gasteiger partial charge in [-0.2, -0.15) is 0 Å². The van der Waals surface area contributed by atoms with Crippen LogP contribution in [0.4, 0.5) is 0 Å². The van der Waals surface area contributed by atoms with Crippen molar-refractivity contribution in [1.82, 2.24) is 0 Å². The molecule has 2 aliphatic rings. The largest absolute Gasteiger partial charge is 0.504 e. The van der Waals surface area contributed by atoms with Crippen molar-refractivity contribution >= 4 is 5.78 Å². The minimum Gasteiger partial charge on any atom is -0.504 e. The molecule has 6 atom stereocenters. The van der Waals surface area contributed by atoms with E-state index < -0.39 is 43.4 Å². The Morgan fingerprint density at radius 1 is 0.968 bits per heavy atom. The third kappa shape index (κ3) is 4.03. The summed E-state index contributed by atoms with van der Waals surface area (Å²) in [6.07, 6.45) is -7.84. The predicted octanol–water partition coefficient (Wildman–Crippen LogP) is -0.0170. The number of aliphatic hydroxyl groups excluding tert-OH is 4. The summed E-state index contributed by atoms with van der Waals surface area (Å²) in [5, 5.41) is 58.4. The third-order valence-corrected chi connectivity index (χ3v) is 5.37. The summed E-state index contributed by atoms with van der Waals surface area (Å²) < 4.78 is 16.8. The van der Waals surface area contributed by atoms with Crippen LogP contribution in [0.15, 0.2) is 36.4 Å². The number of aliphatic hydroxyl groups is 4. The van der Waals surface area contributed by atoms with Crippen molar-refractivity contribution in [1.29, 1.82) is 0 Å². The highest BCUT2D eigenvalue weighted by Crippen LogP contribution is 2.39. The Kier molecular flexibility index (Phi) is 5.73. The molecule has 0 saturated carbocycles. The van der Waals surface area contributed by atoms with E-state index >= 15 is 0 Å². The second-order valence-electron chi connectivity index (χ2n) is 7.46. The lowest BCUT2D eigenvalue weighted by Crippen LogP contribution is -2.60. The van der Waals surface area contributed by atoms with E-state index in [0.29, 0.717) is 11.1 Å². The summed E-state index contributed by atoms with van der Waals surface area (Å²) in [6.45, 7) is -0.590. The quantitative estimate of drug-likeness (QED) is 0.360. The van der Waals surface area contributed by atoms with Gasteiger partial charge in [0.25, 0.3) is 0 Å². The number of carbonyl (C=O) groups excluding carboxylic acids is 1. The van der Waals surface area contributed by atoms with Gasteiger partial charge in [0.2, 0.25) is 6.29 Å². The predicted molar refractivity (Wildman–Crippen MR) is 103 cm³/mol. The van der Waals surface area contributed by atoms with Gasteiger partial charge in [-0.25, -0.2) is 0 Å². The Hall–Kier alpha value is -2.89. The molecule has 4 rings (SSSR count). The van der Waals surface area contributed by atoms with E-state index in [2.05, 4.69) is 0 Å². The molecule has 0 bridgehead atoms. The minimum absolute atomic E-state index is 0.0319. The molecule has 2 aromatic rings. The minimum atomic E-state index is -1.59. The highest BCUT2D eigenvalue weighted by atomic mass is 16.7. The molecule has 31 heavy (non-hydrogen) atoms. The van der Waals surface area contributed by atoms with Gasteiger partial charge >= 0.3 is 0 Å². The van der Waals surface area contributed by atoms with E-state index in [1.807, 2.05) is 0 Å². The van der Waals surface area contributed by atoms with Gasteiger partial charge in [0, 0.05) is 6.07 Å². The van der Waals surface area contributed by atoms with Crippen molar-refractivity contribution in [2.45, 2.75) is 43.2 Å². The Balaban J connectivity index is 1.55. The number of benzene rings is 2. The molecule has 0 spiro atoms. The van der Waals surface area contributed by atoms with Crippen molar-refractivity contribution in [2.75, 3.05) is 6.61 Å². The van der Waals surface area contributed by atoms with E-state index in [-0.39, 0.29) is 35.2 Å². The molecule has 0 radical (unpaired) electrons. The number of carbonyl (C=O) groups is 1. The molecule has 2 aromatic carbocycles. The number of aromatic hydroxyl groups is 2. The number of hydrogen-bond acceptors (Lipinski definition) is 10. The first-order valence-electron chi connectivity index (χ1n) is 9.61. The summed E-state index contributed by atoms with van der Waals surface area (Å²) in [7, 11) is 0. The molecule has 1 fully saturated rings. The molecular formula is C21H22O10. The number of phenolic OH excluding ortho intramolecular Hbond substituents is 2. The number of hydrogen-bond donors (Lipinski definition) is 6. The Morgan fingerprint density at radius 2 is 1.74 bits per heavy atom. The summed E-state index contributed by atoms with van der Waals surface area (Å²) in [5.74, 6) is -0.459. The van der Waals surface area contributed by atoms with Gasteiger partial charge in [-0.05, 0) is 29.8 Å². The summed E-state index contributed by atoms with van der Waals surface area (Å²) in [4.78, 5) is 12.5. The molecule has 0 amide bonds. The van der Waals surface area contributed by atoms with E-state index in [1.54, 1.807) is 0 Å². The molecule has 0 aromatic heterocycles. The molecule has 0 unspecified atom stereocenters. The lowest BCUT2D eigenvalue weighted by molar-refractivity contribution is -0.277. The molecule has 10 nitrogen and oxygen atoms in total. The average molecular weight is 434 g/mol. The van der Waals surface area contributed by atoms with Crippen molar-refractivity contribution < 1.29 is 49.6 Å². The third-order valence-electron chi connectivity index (χ3n) is 5.37. The fourth-order valence-electron chi connectivity index (χ4n) is 3.60. The van der Waals surface area contributed by atoms with Gasteiger partial charge in [-0.1, -0.05) is 6.07 Å². The average Bonchev–Trinajstić information content (AvgIpc) is 2.75. The molecular weight excluding hydrogens is 412 g/mol. The zero-order valence-corrected chi connectivity index (χ0v) is 16.2. The van der Waals surface area contributed by atoms with E-state index in [9.17, 15) is 35.4 Å². The van der Waals surface area contributed by atoms with E-state index in [1.165, 1.54) is 36.4 Å². The van der Waals surface area contributed by atoms with E-state index in [0.717, 1.165) is 0 Å². The van der Waals surface area contributed by atoms with Gasteiger partial charge in [-0.3, -0.25) is 4.79 Å². The summed E-state index contributed by atoms with van der Waals surface area (Å²) in [5.41, 5.74) is 0.815. The topological polar surface area (TPSA) is 166 Å². The molecule has 1 saturated heterocycles. The van der Waals surface area contributed by atoms with Gasteiger partial charge in [-0.15, -0.1) is 0 Å². The van der Waals surface area contributed by atoms with Crippen LogP contribution in [0.25, 0.3) is 0 Å². The summed E-state index contributed by atoms with van der Waals surface area (Å²) in [6, 6.07) is 8.52. The first kappa shape index (κ1) is 21.3. The lowest BCUT2D eigenvalue weighted by Gasteiger charge is -2.39. The zero-order chi connectivity index (χ0) is 22.3. The number of fused-ring (bicyclic) bond motifs is 1. The molecule has 10 heteroatoms. The Morgan fingerprint density at radius 3 is 2.45 bits per heavy atom. The van der Waals surface area contributed by atoms with Crippen LogP contribution in [-0.4, -0.2) is 73.7 Å². The van der Waals surface area contributed by atoms with Crippen LogP contribution in [0.5, 0.6) is 23.0 Å². The number of ketones is 1. The number of Topliss-reactive ketones (excluding diaryl/α,β-unsaturated/α-hetero) is 1. The highest BCUT2D eigenvalue weighted by molar-refractivity contribution is 6.00. The second kappa shape index (κ2) is 8.33. The monoisotopic (exact) mass is 434 g/mol. The van der Waals surface area contributed by atoms with Crippen LogP contribution < -0.4 is 9.47 Å². The van der Waals surface area contributed by atoms with Crippen LogP contribution in [0, 0.1) is 0 Å². The molecule has 166 valence electrons. The Labute approximate surface area is 176 Å². The van der Waals surface area contributed by atoms with Crippen LogP contribution in [0.1, 0.15) is 28.4 Å². The SMILES string of the molecule is O=C1C[C@@H](c2ccc(O)c(O)c2)Oc2cc(O[C@@H]3O[C@@H](CO)[C@@H](O)[C@@H](O)[C@H]3O)ccc21. The normalized spacial score (nSPS) is 30.4. The maximum absolute atomic E-state index is 12.5. The standard InChI is InChI=1S/C21H22O10/c22-8-17-18(26)19(27)20(28)21(31-17)29-10-2-3-11-13(24)7-15(30-16(11)6-10)9-1-4-12(23)14(25)5-9/h1-6,15,17-23,25-28H,7-8H2/t15-,17-,18+,19+,20+,21+/m0/s1. The van der Waals surface area contributed by atoms with Crippen molar-refractivity contribution in [2.24, 2.45) is 0 Å². The smallest absolute Gasteiger partial charge is 0.229 e. The van der Waals surface area contributed by atoms with Crippen molar-refractivity contribution in [3.63, 3.8) is 0 Å². The van der Waals surface area contributed by atoms with Crippen LogP contribution in [-0.2, 0) is 4.74 Å². The molecule has 2 heterocycles. The number of rotatable bonds is 4. The highest BCUT2D eigenvalue weighted by Gasteiger charge is 2.44. The maximum atomic E-state index is 12.5. The zero-order valence-electron chi connectivity index (χ0n) is 16.2. The van der Waals surface area contributed by atoms with Crippen LogP contribution >= 0.6 is 0 Å². The van der Waals surface area contributed by atoms with E-state index in [4.69, 9.17) is 14.2 Å². The molecule has 2 aliphatic heterocycles. The fraction of sp³-hybridized carbons (Fsp3) is 0.381. The number of phenols is 2. The Bertz CT molecular complexity index is 975. The van der Waals surface area contributed by atoms with Gasteiger partial charge < -0.3 is 44.8 Å². The maximum Gasteiger partial charge on any atom is 0.229 e. The number of ether oxygens (including phenoxy) is 3. The van der Waals surface area contributed by atoms with Gasteiger partial charge in [0.1, 0.15) is 42.0 Å². The molecule has 6 N–H and O–H groups in total. The second-order valence-corrected chi connectivity index (χ2v) is 7.46. The van der Waals surface area contributed by atoms with Crippen molar-refractivity contribution in [3.05, 3.63) is 47.5 Å². The van der Waals surface area contributed by atoms with Gasteiger partial charge in [0.15, 0.2) is 17.3 Å². The summed E-state index contributed by atoms with van der Waals surface area (Å²) >= 11 is 0. The van der Waals surface area contributed by atoms with Crippen molar-refractivity contribution in [3.8, 4) is 23.0 Å². The first-order valence-corrected chi connectivity index (χ1v) is 9.61. The first-order chi connectivity index (χ1) is 14.8. The molecule has 0 aliphatic carbocycles.